The summed E-state index contributed by atoms with van der Waals surface area (Å²) in [5.41, 5.74) is 0. The van der Waals surface area contributed by atoms with Crippen LogP contribution in [-0.4, -0.2) is 17.1 Å². The molecule has 0 amide bonds. The van der Waals surface area contributed by atoms with Gasteiger partial charge in [-0.15, -0.1) is 0 Å². The van der Waals surface area contributed by atoms with Crippen LogP contribution < -0.4 is 0 Å². The molecule has 1 unspecified atom stereocenters. The summed E-state index contributed by atoms with van der Waals surface area (Å²) in [5.74, 6) is -1.08. The first-order chi connectivity index (χ1) is 5.16. The first-order valence-electron chi connectivity index (χ1n) is 3.27. The molecular weight excluding hydrogens is 212 g/mol. The minimum atomic E-state index is -0.773. The monoisotopic (exact) mass is 220 g/mol. The summed E-state index contributed by atoms with van der Waals surface area (Å²) < 4.78 is 10.0. The van der Waals surface area contributed by atoms with Gasteiger partial charge in [-0.1, -0.05) is 15.9 Å². The number of rotatable bonds is 2. The van der Waals surface area contributed by atoms with Crippen LogP contribution in [0.25, 0.3) is 0 Å². The molecule has 62 valence electrons. The standard InChI is InChI=1S/C7H9BrO3/c1-7(3-2-4-10-7)11-6(9)5-8/h2,4H,3,5H2,1H3. The minimum Gasteiger partial charge on any atom is -0.460 e. The van der Waals surface area contributed by atoms with Crippen LogP contribution in [0, 0.1) is 0 Å². The van der Waals surface area contributed by atoms with E-state index in [4.69, 9.17) is 9.47 Å². The Balaban J connectivity index is 2.41. The Labute approximate surface area is 73.5 Å². The predicted octanol–water partition coefficient (Wildman–Crippen LogP) is 1.57. The molecule has 0 aromatic rings. The highest BCUT2D eigenvalue weighted by Crippen LogP contribution is 2.24. The van der Waals surface area contributed by atoms with Crippen molar-refractivity contribution in [2.75, 3.05) is 5.33 Å². The number of ether oxygens (including phenoxy) is 2. The van der Waals surface area contributed by atoms with Crippen molar-refractivity contribution in [1.82, 2.24) is 0 Å². The molecule has 0 aromatic carbocycles. The molecule has 0 aromatic heterocycles. The fourth-order valence-electron chi connectivity index (χ4n) is 0.836. The molecule has 0 aliphatic carbocycles. The van der Waals surface area contributed by atoms with Crippen molar-refractivity contribution >= 4 is 21.9 Å². The van der Waals surface area contributed by atoms with Crippen LogP contribution in [0.5, 0.6) is 0 Å². The van der Waals surface area contributed by atoms with Gasteiger partial charge in [0.25, 0.3) is 5.79 Å². The molecule has 1 rings (SSSR count). The van der Waals surface area contributed by atoms with Crippen molar-refractivity contribution < 1.29 is 14.3 Å². The van der Waals surface area contributed by atoms with E-state index in [1.807, 2.05) is 6.08 Å². The van der Waals surface area contributed by atoms with Crippen molar-refractivity contribution in [2.24, 2.45) is 0 Å². The second kappa shape index (κ2) is 3.26. The number of carbonyl (C=O) groups is 1. The van der Waals surface area contributed by atoms with E-state index in [0.717, 1.165) is 0 Å². The second-order valence-electron chi connectivity index (χ2n) is 2.44. The van der Waals surface area contributed by atoms with Crippen molar-refractivity contribution in [3.63, 3.8) is 0 Å². The van der Waals surface area contributed by atoms with Gasteiger partial charge in [0, 0.05) is 13.3 Å². The molecule has 11 heavy (non-hydrogen) atoms. The van der Waals surface area contributed by atoms with Crippen LogP contribution >= 0.6 is 15.9 Å². The molecule has 3 nitrogen and oxygen atoms in total. The smallest absolute Gasteiger partial charge is 0.319 e. The predicted molar refractivity (Wildman–Crippen MR) is 43.1 cm³/mol. The SMILES string of the molecule is CC1(OC(=O)CBr)CC=CO1. The molecule has 0 fully saturated rings. The highest BCUT2D eigenvalue weighted by molar-refractivity contribution is 9.09. The van der Waals surface area contributed by atoms with Gasteiger partial charge in [-0.2, -0.15) is 0 Å². The summed E-state index contributed by atoms with van der Waals surface area (Å²) in [4.78, 5) is 10.8. The molecule has 1 atom stereocenters. The molecule has 1 heterocycles. The van der Waals surface area contributed by atoms with Gasteiger partial charge in [-0.05, 0) is 6.08 Å². The number of hydrogen-bond donors (Lipinski definition) is 0. The van der Waals surface area contributed by atoms with Crippen molar-refractivity contribution in [3.05, 3.63) is 12.3 Å². The zero-order valence-electron chi connectivity index (χ0n) is 6.17. The molecule has 1 aliphatic heterocycles. The quantitative estimate of drug-likeness (QED) is 0.524. The van der Waals surface area contributed by atoms with Crippen LogP contribution in [-0.2, 0) is 14.3 Å². The van der Waals surface area contributed by atoms with Gasteiger partial charge in [-0.25, -0.2) is 0 Å². The average Bonchev–Trinajstić information content (AvgIpc) is 2.36. The van der Waals surface area contributed by atoms with E-state index < -0.39 is 5.79 Å². The first kappa shape index (κ1) is 8.59. The van der Waals surface area contributed by atoms with Gasteiger partial charge in [0.1, 0.15) is 5.33 Å². The van der Waals surface area contributed by atoms with E-state index in [2.05, 4.69) is 15.9 Å². The van der Waals surface area contributed by atoms with Gasteiger partial charge in [-0.3, -0.25) is 4.79 Å². The maximum atomic E-state index is 10.8. The molecule has 0 saturated heterocycles. The molecule has 0 saturated carbocycles. The zero-order valence-corrected chi connectivity index (χ0v) is 7.76. The van der Waals surface area contributed by atoms with Gasteiger partial charge >= 0.3 is 5.97 Å². The highest BCUT2D eigenvalue weighted by atomic mass is 79.9. The summed E-state index contributed by atoms with van der Waals surface area (Å²) in [5, 5.41) is 0.200. The Morgan fingerprint density at radius 3 is 3.09 bits per heavy atom. The minimum absolute atomic E-state index is 0.200. The Bertz CT molecular complexity index is 180. The summed E-state index contributed by atoms with van der Waals surface area (Å²) in [6.45, 7) is 1.73. The van der Waals surface area contributed by atoms with E-state index in [-0.39, 0.29) is 11.3 Å². The Hall–Kier alpha value is -0.510. The van der Waals surface area contributed by atoms with Gasteiger partial charge in [0.05, 0.1) is 6.26 Å². The van der Waals surface area contributed by atoms with E-state index in [0.29, 0.717) is 6.42 Å². The molecule has 1 aliphatic rings. The van der Waals surface area contributed by atoms with Crippen molar-refractivity contribution in [3.8, 4) is 0 Å². The van der Waals surface area contributed by atoms with Crippen LogP contribution in [0.3, 0.4) is 0 Å². The van der Waals surface area contributed by atoms with E-state index >= 15 is 0 Å². The van der Waals surface area contributed by atoms with Crippen LogP contribution in [0.15, 0.2) is 12.3 Å². The molecule has 0 spiro atoms. The van der Waals surface area contributed by atoms with Crippen LogP contribution in [0.1, 0.15) is 13.3 Å². The average molecular weight is 221 g/mol. The summed E-state index contributed by atoms with van der Waals surface area (Å²) in [6.07, 6.45) is 3.98. The van der Waals surface area contributed by atoms with Gasteiger partial charge in [0.2, 0.25) is 0 Å². The molecular formula is C7H9BrO3. The zero-order chi connectivity index (χ0) is 8.32. The van der Waals surface area contributed by atoms with Crippen molar-refractivity contribution in [2.45, 2.75) is 19.1 Å². The number of esters is 1. The third kappa shape index (κ3) is 2.22. The molecule has 0 N–H and O–H groups in total. The number of hydrogen-bond acceptors (Lipinski definition) is 3. The van der Waals surface area contributed by atoms with E-state index in [9.17, 15) is 4.79 Å². The lowest BCUT2D eigenvalue weighted by Gasteiger charge is -2.22. The maximum absolute atomic E-state index is 10.8. The lowest BCUT2D eigenvalue weighted by atomic mass is 10.2. The summed E-state index contributed by atoms with van der Waals surface area (Å²) in [7, 11) is 0. The topological polar surface area (TPSA) is 35.5 Å². The maximum Gasteiger partial charge on any atom is 0.319 e. The lowest BCUT2D eigenvalue weighted by molar-refractivity contribution is -0.194. The summed E-state index contributed by atoms with van der Waals surface area (Å²) in [6, 6.07) is 0. The van der Waals surface area contributed by atoms with Crippen LogP contribution in [0.2, 0.25) is 0 Å². The second-order valence-corrected chi connectivity index (χ2v) is 3.00. The summed E-state index contributed by atoms with van der Waals surface area (Å²) >= 11 is 3.00. The fourth-order valence-corrected chi connectivity index (χ4v) is 0.951. The van der Waals surface area contributed by atoms with Crippen molar-refractivity contribution in [1.29, 1.82) is 0 Å². The number of alkyl halides is 1. The van der Waals surface area contributed by atoms with Crippen LogP contribution in [0.4, 0.5) is 0 Å². The Morgan fingerprint density at radius 2 is 2.64 bits per heavy atom. The Kier molecular flexibility index (Phi) is 2.54. The fraction of sp³-hybridized carbons (Fsp3) is 0.571. The highest BCUT2D eigenvalue weighted by Gasteiger charge is 2.31. The molecule has 0 bridgehead atoms. The third-order valence-electron chi connectivity index (χ3n) is 1.34. The molecule has 4 heteroatoms. The molecule has 0 radical (unpaired) electrons. The normalized spacial score (nSPS) is 28.2. The lowest BCUT2D eigenvalue weighted by Crippen LogP contribution is -2.30. The third-order valence-corrected chi connectivity index (χ3v) is 1.80. The largest absolute Gasteiger partial charge is 0.460 e. The number of carbonyl (C=O) groups excluding carboxylic acids is 1. The first-order valence-corrected chi connectivity index (χ1v) is 4.39. The van der Waals surface area contributed by atoms with E-state index in [1.165, 1.54) is 0 Å². The number of halogens is 1. The Morgan fingerprint density at radius 1 is 1.91 bits per heavy atom. The van der Waals surface area contributed by atoms with Gasteiger partial charge in [0.15, 0.2) is 0 Å². The van der Waals surface area contributed by atoms with Gasteiger partial charge < -0.3 is 9.47 Å². The van der Waals surface area contributed by atoms with E-state index in [1.54, 1.807) is 13.2 Å².